The molecular weight excluding hydrogens is 230 g/mol. The zero-order valence-electron chi connectivity index (χ0n) is 10.5. The number of benzene rings is 1. The summed E-state index contributed by atoms with van der Waals surface area (Å²) in [6, 6.07) is 9.47. The van der Waals surface area contributed by atoms with E-state index < -0.39 is 12.2 Å². The van der Waals surface area contributed by atoms with Crippen LogP contribution in [0.1, 0.15) is 18.1 Å². The van der Waals surface area contributed by atoms with Gasteiger partial charge in [-0.3, -0.25) is 4.90 Å². The van der Waals surface area contributed by atoms with E-state index in [4.69, 9.17) is 4.74 Å². The lowest BCUT2D eigenvalue weighted by Crippen LogP contribution is -2.41. The van der Waals surface area contributed by atoms with Crippen molar-refractivity contribution >= 4 is 0 Å². The number of morpholine rings is 1. The van der Waals surface area contributed by atoms with Gasteiger partial charge in [0.05, 0.1) is 25.4 Å². The van der Waals surface area contributed by atoms with Crippen molar-refractivity contribution in [3.05, 3.63) is 35.9 Å². The molecule has 1 heterocycles. The van der Waals surface area contributed by atoms with Crippen molar-refractivity contribution in [1.29, 1.82) is 0 Å². The molecule has 18 heavy (non-hydrogen) atoms. The molecule has 2 rings (SSSR count). The molecule has 0 radical (unpaired) electrons. The molecule has 1 fully saturated rings. The van der Waals surface area contributed by atoms with Crippen LogP contribution in [0.4, 0.5) is 0 Å². The van der Waals surface area contributed by atoms with Gasteiger partial charge in [0.25, 0.3) is 0 Å². The second kappa shape index (κ2) is 6.85. The SMILES string of the molecule is O[C@H](C[C@@H](O)c1ccccc1)CN1CCOCC1. The summed E-state index contributed by atoms with van der Waals surface area (Å²) in [5, 5.41) is 20.0. The van der Waals surface area contributed by atoms with Crippen LogP contribution in [0.3, 0.4) is 0 Å². The molecule has 4 heteroatoms. The number of aliphatic hydroxyl groups excluding tert-OH is 2. The lowest BCUT2D eigenvalue weighted by molar-refractivity contribution is 0.00216. The lowest BCUT2D eigenvalue weighted by Gasteiger charge is -2.29. The molecule has 2 atom stereocenters. The molecule has 1 aromatic rings. The molecule has 1 aromatic carbocycles. The zero-order chi connectivity index (χ0) is 12.8. The highest BCUT2D eigenvalue weighted by Gasteiger charge is 2.18. The minimum Gasteiger partial charge on any atom is -0.392 e. The second-order valence-electron chi connectivity index (χ2n) is 4.73. The molecule has 0 saturated carbocycles. The maximum absolute atomic E-state index is 10.0. The van der Waals surface area contributed by atoms with Crippen LogP contribution in [0.2, 0.25) is 0 Å². The Morgan fingerprint density at radius 2 is 1.78 bits per heavy atom. The normalized spacial score (nSPS) is 20.6. The van der Waals surface area contributed by atoms with Crippen molar-refractivity contribution < 1.29 is 14.9 Å². The number of rotatable bonds is 5. The summed E-state index contributed by atoms with van der Waals surface area (Å²) >= 11 is 0. The molecular formula is C14H21NO3. The maximum atomic E-state index is 10.0. The molecule has 1 aliphatic rings. The highest BCUT2D eigenvalue weighted by Crippen LogP contribution is 2.18. The number of nitrogens with zero attached hydrogens (tertiary/aromatic N) is 1. The van der Waals surface area contributed by atoms with E-state index in [-0.39, 0.29) is 0 Å². The van der Waals surface area contributed by atoms with E-state index in [1.165, 1.54) is 0 Å². The van der Waals surface area contributed by atoms with Crippen LogP contribution in [0.25, 0.3) is 0 Å². The molecule has 100 valence electrons. The van der Waals surface area contributed by atoms with Gasteiger partial charge in [0.2, 0.25) is 0 Å². The molecule has 0 aromatic heterocycles. The first-order valence-electron chi connectivity index (χ1n) is 6.47. The standard InChI is InChI=1S/C14H21NO3/c16-13(11-15-6-8-18-9-7-15)10-14(17)12-4-2-1-3-5-12/h1-5,13-14,16-17H,6-11H2/t13-,14-/m1/s1. The minimum absolute atomic E-state index is 0.376. The number of hydrogen-bond donors (Lipinski definition) is 2. The van der Waals surface area contributed by atoms with Gasteiger partial charge in [-0.05, 0) is 5.56 Å². The van der Waals surface area contributed by atoms with E-state index in [0.29, 0.717) is 13.0 Å². The highest BCUT2D eigenvalue weighted by atomic mass is 16.5. The highest BCUT2D eigenvalue weighted by molar-refractivity contribution is 5.17. The van der Waals surface area contributed by atoms with E-state index in [1.54, 1.807) is 0 Å². The van der Waals surface area contributed by atoms with Crippen LogP contribution in [-0.2, 0) is 4.74 Å². The second-order valence-corrected chi connectivity index (χ2v) is 4.73. The lowest BCUT2D eigenvalue weighted by atomic mass is 10.0. The monoisotopic (exact) mass is 251 g/mol. The van der Waals surface area contributed by atoms with Gasteiger partial charge in [0.1, 0.15) is 0 Å². The average molecular weight is 251 g/mol. The van der Waals surface area contributed by atoms with Crippen LogP contribution in [0, 0.1) is 0 Å². The minimum atomic E-state index is -0.595. The first kappa shape index (κ1) is 13.5. The summed E-state index contributed by atoms with van der Waals surface area (Å²) in [4.78, 5) is 2.17. The van der Waals surface area contributed by atoms with Crippen molar-refractivity contribution in [1.82, 2.24) is 4.90 Å². The Balaban J connectivity index is 1.78. The Bertz CT molecular complexity index is 338. The van der Waals surface area contributed by atoms with Gasteiger partial charge in [0.15, 0.2) is 0 Å². The van der Waals surface area contributed by atoms with Gasteiger partial charge >= 0.3 is 0 Å². The van der Waals surface area contributed by atoms with Gasteiger partial charge in [-0.2, -0.15) is 0 Å². The number of ether oxygens (including phenoxy) is 1. The smallest absolute Gasteiger partial charge is 0.0815 e. The van der Waals surface area contributed by atoms with Crippen LogP contribution >= 0.6 is 0 Å². The third-order valence-electron chi connectivity index (χ3n) is 3.25. The molecule has 0 unspecified atom stereocenters. The Labute approximate surface area is 108 Å². The first-order chi connectivity index (χ1) is 8.75. The summed E-state index contributed by atoms with van der Waals surface area (Å²) in [5.74, 6) is 0. The van der Waals surface area contributed by atoms with E-state index in [2.05, 4.69) is 4.90 Å². The van der Waals surface area contributed by atoms with Crippen molar-refractivity contribution in [3.8, 4) is 0 Å². The van der Waals surface area contributed by atoms with Crippen LogP contribution in [-0.4, -0.2) is 54.1 Å². The van der Waals surface area contributed by atoms with Crippen molar-refractivity contribution in [2.75, 3.05) is 32.8 Å². The zero-order valence-corrected chi connectivity index (χ0v) is 10.5. The first-order valence-corrected chi connectivity index (χ1v) is 6.47. The summed E-state index contributed by atoms with van der Waals surface area (Å²) < 4.78 is 5.26. The summed E-state index contributed by atoms with van der Waals surface area (Å²) in [7, 11) is 0. The third kappa shape index (κ3) is 4.07. The van der Waals surface area contributed by atoms with E-state index in [0.717, 1.165) is 31.9 Å². The van der Waals surface area contributed by atoms with Crippen molar-refractivity contribution in [2.45, 2.75) is 18.6 Å². The molecule has 1 aliphatic heterocycles. The Morgan fingerprint density at radius 3 is 2.44 bits per heavy atom. The molecule has 0 spiro atoms. The fourth-order valence-corrected chi connectivity index (χ4v) is 2.23. The molecule has 0 bridgehead atoms. The largest absolute Gasteiger partial charge is 0.392 e. The van der Waals surface area contributed by atoms with Gasteiger partial charge in [-0.1, -0.05) is 30.3 Å². The summed E-state index contributed by atoms with van der Waals surface area (Å²) in [5.41, 5.74) is 0.860. The number of hydrogen-bond acceptors (Lipinski definition) is 4. The quantitative estimate of drug-likeness (QED) is 0.813. The van der Waals surface area contributed by atoms with E-state index in [1.807, 2.05) is 30.3 Å². The Morgan fingerprint density at radius 1 is 1.11 bits per heavy atom. The Kier molecular flexibility index (Phi) is 5.13. The fourth-order valence-electron chi connectivity index (χ4n) is 2.23. The maximum Gasteiger partial charge on any atom is 0.0815 e. The van der Waals surface area contributed by atoms with Crippen LogP contribution in [0.15, 0.2) is 30.3 Å². The van der Waals surface area contributed by atoms with Crippen LogP contribution in [0.5, 0.6) is 0 Å². The van der Waals surface area contributed by atoms with Gasteiger partial charge in [-0.25, -0.2) is 0 Å². The number of β-amino-alcohol motifs (C(OH)–C–C–N with tert-alkyl or cyclic N) is 1. The van der Waals surface area contributed by atoms with Crippen LogP contribution < -0.4 is 0 Å². The van der Waals surface area contributed by atoms with Gasteiger partial charge in [-0.15, -0.1) is 0 Å². The Hall–Kier alpha value is -0.940. The predicted octanol–water partition coefficient (Wildman–Crippen LogP) is 0.803. The predicted molar refractivity (Wildman–Crippen MR) is 69.3 cm³/mol. The summed E-state index contributed by atoms with van der Waals surface area (Å²) in [6.45, 7) is 3.78. The van der Waals surface area contributed by atoms with Crippen molar-refractivity contribution in [3.63, 3.8) is 0 Å². The third-order valence-corrected chi connectivity index (χ3v) is 3.25. The van der Waals surface area contributed by atoms with E-state index >= 15 is 0 Å². The fraction of sp³-hybridized carbons (Fsp3) is 0.571. The van der Waals surface area contributed by atoms with Gasteiger partial charge < -0.3 is 14.9 Å². The molecule has 4 nitrogen and oxygen atoms in total. The topological polar surface area (TPSA) is 52.9 Å². The van der Waals surface area contributed by atoms with Gasteiger partial charge in [0, 0.05) is 26.1 Å². The molecule has 1 saturated heterocycles. The van der Waals surface area contributed by atoms with E-state index in [9.17, 15) is 10.2 Å². The number of aliphatic hydroxyl groups is 2. The average Bonchev–Trinajstić information content (AvgIpc) is 2.40. The molecule has 0 aliphatic carbocycles. The summed E-state index contributed by atoms with van der Waals surface area (Å²) in [6.07, 6.45) is -0.720. The van der Waals surface area contributed by atoms with Crippen molar-refractivity contribution in [2.24, 2.45) is 0 Å². The molecule has 0 amide bonds. The molecule has 2 N–H and O–H groups in total.